The zero-order valence-corrected chi connectivity index (χ0v) is 18.2. The van der Waals surface area contributed by atoms with Gasteiger partial charge in [0, 0.05) is 18.5 Å². The highest BCUT2D eigenvalue weighted by atomic mass is 32.2. The van der Waals surface area contributed by atoms with E-state index in [1.54, 1.807) is 0 Å². The molecule has 156 valence electrons. The van der Waals surface area contributed by atoms with E-state index in [1.165, 1.54) is 24.8 Å². The Morgan fingerprint density at radius 1 is 1.07 bits per heavy atom. The summed E-state index contributed by atoms with van der Waals surface area (Å²) in [6, 6.07) is 8.06. The summed E-state index contributed by atoms with van der Waals surface area (Å²) in [7, 11) is -3.02. The van der Waals surface area contributed by atoms with Crippen molar-refractivity contribution in [3.05, 3.63) is 35.4 Å². The van der Waals surface area contributed by atoms with E-state index >= 15 is 0 Å². The minimum atomic E-state index is -3.02. The van der Waals surface area contributed by atoms with Gasteiger partial charge in [0.15, 0.2) is 9.84 Å². The number of aryl methyl sites for hydroxylation is 1. The van der Waals surface area contributed by atoms with Gasteiger partial charge < -0.3 is 4.90 Å². The Kier molecular flexibility index (Phi) is 7.19. The molecule has 28 heavy (non-hydrogen) atoms. The van der Waals surface area contributed by atoms with E-state index in [4.69, 9.17) is 0 Å². The van der Waals surface area contributed by atoms with Gasteiger partial charge >= 0.3 is 0 Å². The van der Waals surface area contributed by atoms with Crippen LogP contribution in [0.2, 0.25) is 0 Å². The average Bonchev–Trinajstić information content (AvgIpc) is 3.05. The number of benzene rings is 1. The maximum Gasteiger partial charge on any atom is 0.226 e. The number of amides is 1. The Morgan fingerprint density at radius 3 is 2.32 bits per heavy atom. The van der Waals surface area contributed by atoms with Gasteiger partial charge in [-0.2, -0.15) is 0 Å². The van der Waals surface area contributed by atoms with Gasteiger partial charge in [-0.1, -0.05) is 56.0 Å². The van der Waals surface area contributed by atoms with E-state index in [0.29, 0.717) is 13.0 Å². The summed E-state index contributed by atoms with van der Waals surface area (Å²) in [5.74, 6) is 1.33. The molecule has 1 aliphatic heterocycles. The summed E-state index contributed by atoms with van der Waals surface area (Å²) in [6.07, 6.45) is 8.56. The van der Waals surface area contributed by atoms with E-state index in [1.807, 2.05) is 11.8 Å². The Labute approximate surface area is 170 Å². The molecule has 0 unspecified atom stereocenters. The van der Waals surface area contributed by atoms with Crippen LogP contribution in [0.4, 0.5) is 0 Å². The van der Waals surface area contributed by atoms with Crippen molar-refractivity contribution in [2.75, 3.05) is 11.5 Å². The zero-order valence-electron chi connectivity index (χ0n) is 17.4. The van der Waals surface area contributed by atoms with Crippen molar-refractivity contribution in [1.29, 1.82) is 0 Å². The van der Waals surface area contributed by atoms with Crippen molar-refractivity contribution < 1.29 is 13.2 Å². The minimum Gasteiger partial charge on any atom is -0.334 e. The molecule has 1 saturated carbocycles. The molecule has 1 heterocycles. The minimum absolute atomic E-state index is 0.0617. The monoisotopic (exact) mass is 405 g/mol. The number of carbonyl (C=O) groups is 1. The smallest absolute Gasteiger partial charge is 0.226 e. The number of carbonyl (C=O) groups excluding carboxylic acids is 1. The molecule has 1 aromatic carbocycles. The van der Waals surface area contributed by atoms with Gasteiger partial charge in [0.05, 0.1) is 11.5 Å². The highest BCUT2D eigenvalue weighted by Gasteiger charge is 2.37. The Balaban J connectivity index is 1.69. The molecule has 1 amide bonds. The molecule has 0 N–H and O–H groups in total. The molecule has 5 heteroatoms. The van der Waals surface area contributed by atoms with Gasteiger partial charge in [0.2, 0.25) is 5.91 Å². The van der Waals surface area contributed by atoms with E-state index in [0.717, 1.165) is 37.2 Å². The first kappa shape index (κ1) is 21.4. The van der Waals surface area contributed by atoms with E-state index < -0.39 is 9.84 Å². The number of rotatable bonds is 7. The molecule has 1 saturated heterocycles. The van der Waals surface area contributed by atoms with Gasteiger partial charge in [-0.3, -0.25) is 4.79 Å². The summed E-state index contributed by atoms with van der Waals surface area (Å²) in [5, 5.41) is 0. The lowest BCUT2D eigenvalue weighted by atomic mass is 9.79. The molecule has 0 radical (unpaired) electrons. The van der Waals surface area contributed by atoms with Gasteiger partial charge in [-0.05, 0) is 50.5 Å². The first-order chi connectivity index (χ1) is 13.4. The fourth-order valence-corrected chi connectivity index (χ4v) is 6.45. The van der Waals surface area contributed by atoms with E-state index in [9.17, 15) is 13.2 Å². The van der Waals surface area contributed by atoms with Crippen LogP contribution in [-0.2, 0) is 21.2 Å². The largest absolute Gasteiger partial charge is 0.334 e. The molecule has 2 aliphatic rings. The lowest BCUT2D eigenvalue weighted by molar-refractivity contribution is -0.139. The molecule has 0 spiro atoms. The lowest BCUT2D eigenvalue weighted by Crippen LogP contribution is -2.44. The summed E-state index contributed by atoms with van der Waals surface area (Å²) >= 11 is 0. The average molecular weight is 406 g/mol. The summed E-state index contributed by atoms with van der Waals surface area (Å²) < 4.78 is 24.1. The Hall–Kier alpha value is -1.36. The normalized spacial score (nSPS) is 26.9. The van der Waals surface area contributed by atoms with Crippen molar-refractivity contribution >= 4 is 15.7 Å². The van der Waals surface area contributed by atoms with Crippen molar-refractivity contribution in [2.45, 2.75) is 77.8 Å². The van der Waals surface area contributed by atoms with Crippen LogP contribution in [0.1, 0.15) is 69.4 Å². The van der Waals surface area contributed by atoms with Crippen LogP contribution in [-0.4, -0.2) is 36.8 Å². The molecular weight excluding hydrogens is 370 g/mol. The van der Waals surface area contributed by atoms with Crippen LogP contribution in [0.15, 0.2) is 24.3 Å². The second kappa shape index (κ2) is 9.43. The molecule has 0 aromatic heterocycles. The lowest BCUT2D eigenvalue weighted by Gasteiger charge is -2.35. The van der Waals surface area contributed by atoms with Crippen molar-refractivity contribution in [3.63, 3.8) is 0 Å². The molecule has 1 atom stereocenters. The maximum atomic E-state index is 13.4. The summed E-state index contributed by atoms with van der Waals surface area (Å²) in [5.41, 5.74) is 2.27. The van der Waals surface area contributed by atoms with Crippen molar-refractivity contribution in [2.24, 2.45) is 11.8 Å². The second-order valence-electron chi connectivity index (χ2n) is 8.87. The number of unbranched alkanes of at least 4 members (excludes halogenated alkanes) is 1. The third kappa shape index (κ3) is 5.59. The van der Waals surface area contributed by atoms with Crippen LogP contribution in [0.25, 0.3) is 0 Å². The molecule has 4 nitrogen and oxygen atoms in total. The first-order valence-electron chi connectivity index (χ1n) is 10.9. The summed E-state index contributed by atoms with van der Waals surface area (Å²) in [6.45, 7) is 4.80. The molecular formula is C23H35NO3S. The fourth-order valence-electron chi connectivity index (χ4n) is 4.72. The third-order valence-corrected chi connectivity index (χ3v) is 8.32. The Bertz CT molecular complexity index is 749. The summed E-state index contributed by atoms with van der Waals surface area (Å²) in [4.78, 5) is 15.3. The van der Waals surface area contributed by atoms with Gasteiger partial charge in [-0.15, -0.1) is 0 Å². The highest BCUT2D eigenvalue weighted by Crippen LogP contribution is 2.34. The van der Waals surface area contributed by atoms with Gasteiger partial charge in [-0.25, -0.2) is 8.42 Å². The van der Waals surface area contributed by atoms with Crippen LogP contribution in [0.3, 0.4) is 0 Å². The maximum absolute atomic E-state index is 13.4. The first-order valence-corrected chi connectivity index (χ1v) is 12.8. The number of hydrogen-bond acceptors (Lipinski definition) is 3. The van der Waals surface area contributed by atoms with Gasteiger partial charge in [0.1, 0.15) is 0 Å². The van der Waals surface area contributed by atoms with Crippen molar-refractivity contribution in [3.8, 4) is 0 Å². The Morgan fingerprint density at radius 2 is 1.75 bits per heavy atom. The molecule has 1 aromatic rings. The highest BCUT2D eigenvalue weighted by molar-refractivity contribution is 7.91. The molecule has 2 fully saturated rings. The van der Waals surface area contributed by atoms with Crippen LogP contribution in [0, 0.1) is 18.8 Å². The molecule has 0 bridgehead atoms. The molecule has 3 rings (SSSR count). The number of hydrogen-bond donors (Lipinski definition) is 0. The van der Waals surface area contributed by atoms with Crippen molar-refractivity contribution in [1.82, 2.24) is 4.90 Å². The third-order valence-electron chi connectivity index (χ3n) is 6.57. The predicted octanol–water partition coefficient (Wildman–Crippen LogP) is 4.51. The van der Waals surface area contributed by atoms with Gasteiger partial charge in [0.25, 0.3) is 0 Å². The zero-order chi connectivity index (χ0) is 20.1. The van der Waals surface area contributed by atoms with E-state index in [2.05, 4.69) is 31.2 Å². The SMILES string of the molecule is CCCCC1CCC(C(=O)N(Cc2ccc(C)cc2)[C@H]2CCS(=O)(=O)C2)CC1. The van der Waals surface area contributed by atoms with Crippen LogP contribution < -0.4 is 0 Å². The van der Waals surface area contributed by atoms with Crippen LogP contribution in [0.5, 0.6) is 0 Å². The fraction of sp³-hybridized carbons (Fsp3) is 0.696. The van der Waals surface area contributed by atoms with E-state index in [-0.39, 0.29) is 29.4 Å². The second-order valence-corrected chi connectivity index (χ2v) is 11.1. The van der Waals surface area contributed by atoms with Crippen LogP contribution >= 0.6 is 0 Å². The number of nitrogens with zero attached hydrogens (tertiary/aromatic N) is 1. The molecule has 1 aliphatic carbocycles. The predicted molar refractivity (Wildman–Crippen MR) is 114 cm³/mol. The topological polar surface area (TPSA) is 54.5 Å². The standard InChI is InChI=1S/C23H35NO3S/c1-3-4-5-19-10-12-21(13-11-19)23(25)24(22-14-15-28(26,27)17-22)16-20-8-6-18(2)7-9-20/h6-9,19,21-22H,3-5,10-17H2,1-2H3/t19?,21?,22-/m0/s1. The quantitative estimate of drug-likeness (QED) is 0.671. The number of sulfone groups is 1.